The van der Waals surface area contributed by atoms with Gasteiger partial charge in [0.15, 0.2) is 0 Å². The van der Waals surface area contributed by atoms with E-state index >= 15 is 0 Å². The molecular weight excluding hydrogens is 192 g/mol. The first-order valence-corrected chi connectivity index (χ1v) is 5.36. The molecule has 1 heterocycles. The normalized spacial score (nSPS) is 17.9. The Labute approximate surface area is 90.9 Å². The van der Waals surface area contributed by atoms with Gasteiger partial charge in [-0.3, -0.25) is 4.79 Å². The molecule has 86 valence electrons. The molecule has 0 aromatic heterocycles. The molecule has 0 aliphatic carbocycles. The van der Waals surface area contributed by atoms with Crippen LogP contribution in [0.15, 0.2) is 11.9 Å². The highest BCUT2D eigenvalue weighted by atomic mass is 16.2. The smallest absolute Gasteiger partial charge is 0.237 e. The maximum atomic E-state index is 11.4. The van der Waals surface area contributed by atoms with E-state index in [1.54, 1.807) is 0 Å². The molecule has 1 fully saturated rings. The molecule has 0 aromatic rings. The molecule has 5 nitrogen and oxygen atoms in total. The molecule has 0 unspecified atom stereocenters. The summed E-state index contributed by atoms with van der Waals surface area (Å²) < 4.78 is 0. The van der Waals surface area contributed by atoms with Gasteiger partial charge in [-0.2, -0.15) is 0 Å². The van der Waals surface area contributed by atoms with Crippen molar-refractivity contribution >= 4 is 5.91 Å². The van der Waals surface area contributed by atoms with Crippen LogP contribution in [0.2, 0.25) is 0 Å². The Balaban J connectivity index is 2.34. The molecule has 1 aliphatic rings. The topological polar surface area (TPSA) is 56.4 Å². The van der Waals surface area contributed by atoms with Gasteiger partial charge in [0.2, 0.25) is 5.91 Å². The Hall–Kier alpha value is -1.23. The van der Waals surface area contributed by atoms with E-state index in [1.165, 1.54) is 0 Å². The summed E-state index contributed by atoms with van der Waals surface area (Å²) in [7, 11) is 1.87. The first kappa shape index (κ1) is 11.8. The standard InChI is InChI=1S/C10H20N4O/c1-3-9(6-11-2)13-8-14-5-4-12-7-10(14)15/h6,11-13H,3-5,7-8H2,1-2H3/b9-6+. The summed E-state index contributed by atoms with van der Waals surface area (Å²) in [5.74, 6) is 0.161. The van der Waals surface area contributed by atoms with Gasteiger partial charge in [0.1, 0.15) is 0 Å². The van der Waals surface area contributed by atoms with Crippen molar-refractivity contribution in [3.8, 4) is 0 Å². The molecule has 0 spiro atoms. The third-order valence-corrected chi connectivity index (χ3v) is 2.38. The number of rotatable bonds is 5. The number of amides is 1. The lowest BCUT2D eigenvalue weighted by Gasteiger charge is -2.28. The van der Waals surface area contributed by atoms with E-state index in [4.69, 9.17) is 0 Å². The number of piperazine rings is 1. The summed E-state index contributed by atoms with van der Waals surface area (Å²) in [4.78, 5) is 13.3. The predicted molar refractivity (Wildman–Crippen MR) is 60.0 cm³/mol. The first-order chi connectivity index (χ1) is 7.27. The van der Waals surface area contributed by atoms with E-state index in [0.29, 0.717) is 13.2 Å². The van der Waals surface area contributed by atoms with Gasteiger partial charge in [0.05, 0.1) is 13.2 Å². The number of carbonyl (C=O) groups excluding carboxylic acids is 1. The van der Waals surface area contributed by atoms with Gasteiger partial charge in [-0.1, -0.05) is 6.92 Å². The van der Waals surface area contributed by atoms with Crippen LogP contribution in [0.4, 0.5) is 0 Å². The van der Waals surface area contributed by atoms with Crippen molar-refractivity contribution in [1.82, 2.24) is 20.9 Å². The summed E-state index contributed by atoms with van der Waals surface area (Å²) in [6, 6.07) is 0. The molecule has 5 heteroatoms. The molecule has 3 N–H and O–H groups in total. The average Bonchev–Trinajstić information content (AvgIpc) is 2.26. The Bertz CT molecular complexity index is 240. The summed E-state index contributed by atoms with van der Waals surface area (Å²) in [6.07, 6.45) is 2.85. The molecule has 1 saturated heterocycles. The lowest BCUT2D eigenvalue weighted by molar-refractivity contribution is -0.132. The van der Waals surface area contributed by atoms with Crippen molar-refractivity contribution in [1.29, 1.82) is 0 Å². The molecular formula is C10H20N4O. The van der Waals surface area contributed by atoms with Gasteiger partial charge in [0.25, 0.3) is 0 Å². The van der Waals surface area contributed by atoms with Crippen LogP contribution < -0.4 is 16.0 Å². The fraction of sp³-hybridized carbons (Fsp3) is 0.700. The molecule has 0 radical (unpaired) electrons. The SMILES string of the molecule is CC/C(=C\NC)NCN1CCNCC1=O. The number of hydrogen-bond donors (Lipinski definition) is 3. The van der Waals surface area contributed by atoms with Crippen LogP contribution in [0.3, 0.4) is 0 Å². The molecule has 1 rings (SSSR count). The van der Waals surface area contributed by atoms with E-state index in [9.17, 15) is 4.79 Å². The minimum atomic E-state index is 0.161. The Morgan fingerprint density at radius 2 is 2.47 bits per heavy atom. The fourth-order valence-electron chi connectivity index (χ4n) is 1.46. The second-order valence-corrected chi connectivity index (χ2v) is 3.48. The molecule has 0 aromatic carbocycles. The minimum Gasteiger partial charge on any atom is -0.393 e. The van der Waals surface area contributed by atoms with Crippen LogP contribution in [0.25, 0.3) is 0 Å². The number of nitrogens with one attached hydrogen (secondary N) is 3. The van der Waals surface area contributed by atoms with Crippen LogP contribution in [-0.4, -0.2) is 44.2 Å². The zero-order chi connectivity index (χ0) is 11.1. The summed E-state index contributed by atoms with van der Waals surface area (Å²) >= 11 is 0. The Morgan fingerprint density at radius 1 is 1.67 bits per heavy atom. The molecule has 0 bridgehead atoms. The highest BCUT2D eigenvalue weighted by Gasteiger charge is 2.16. The predicted octanol–water partition coefficient (Wildman–Crippen LogP) is -0.564. The van der Waals surface area contributed by atoms with Gasteiger partial charge in [0, 0.05) is 32.0 Å². The van der Waals surface area contributed by atoms with E-state index in [-0.39, 0.29) is 5.91 Å². The van der Waals surface area contributed by atoms with Crippen LogP contribution in [0.5, 0.6) is 0 Å². The summed E-state index contributed by atoms with van der Waals surface area (Å²) in [6.45, 7) is 4.80. The van der Waals surface area contributed by atoms with Gasteiger partial charge in [-0.05, 0) is 6.42 Å². The Kier molecular flexibility index (Phi) is 4.97. The second kappa shape index (κ2) is 6.29. The van der Waals surface area contributed by atoms with E-state index in [2.05, 4.69) is 22.9 Å². The second-order valence-electron chi connectivity index (χ2n) is 3.48. The third kappa shape index (κ3) is 3.79. The van der Waals surface area contributed by atoms with Crippen molar-refractivity contribution in [2.24, 2.45) is 0 Å². The number of carbonyl (C=O) groups is 1. The third-order valence-electron chi connectivity index (χ3n) is 2.38. The van der Waals surface area contributed by atoms with E-state index in [0.717, 1.165) is 25.2 Å². The van der Waals surface area contributed by atoms with E-state index in [1.807, 2.05) is 18.1 Å². The zero-order valence-electron chi connectivity index (χ0n) is 9.47. The minimum absolute atomic E-state index is 0.161. The van der Waals surface area contributed by atoms with Gasteiger partial charge in [-0.15, -0.1) is 0 Å². The first-order valence-electron chi connectivity index (χ1n) is 5.36. The van der Waals surface area contributed by atoms with Crippen LogP contribution in [0.1, 0.15) is 13.3 Å². The molecule has 1 aliphatic heterocycles. The van der Waals surface area contributed by atoms with Crippen molar-refractivity contribution < 1.29 is 4.79 Å². The average molecular weight is 212 g/mol. The van der Waals surface area contributed by atoms with Crippen molar-refractivity contribution in [2.45, 2.75) is 13.3 Å². The lowest BCUT2D eigenvalue weighted by atomic mass is 10.3. The quantitative estimate of drug-likeness (QED) is 0.571. The monoisotopic (exact) mass is 212 g/mol. The van der Waals surface area contributed by atoms with Crippen LogP contribution in [-0.2, 0) is 4.79 Å². The largest absolute Gasteiger partial charge is 0.393 e. The van der Waals surface area contributed by atoms with Crippen LogP contribution in [0, 0.1) is 0 Å². The molecule has 1 amide bonds. The Morgan fingerprint density at radius 3 is 3.07 bits per heavy atom. The van der Waals surface area contributed by atoms with Crippen LogP contribution >= 0.6 is 0 Å². The maximum Gasteiger partial charge on any atom is 0.237 e. The lowest BCUT2D eigenvalue weighted by Crippen LogP contribution is -2.50. The number of hydrogen-bond acceptors (Lipinski definition) is 4. The van der Waals surface area contributed by atoms with Gasteiger partial charge in [-0.25, -0.2) is 0 Å². The summed E-state index contributed by atoms with van der Waals surface area (Å²) in [5, 5.41) is 9.27. The van der Waals surface area contributed by atoms with Crippen molar-refractivity contribution in [2.75, 3.05) is 33.4 Å². The van der Waals surface area contributed by atoms with E-state index < -0.39 is 0 Å². The molecule has 0 saturated carbocycles. The maximum absolute atomic E-state index is 11.4. The van der Waals surface area contributed by atoms with Crippen molar-refractivity contribution in [3.05, 3.63) is 11.9 Å². The number of allylic oxidation sites excluding steroid dienone is 1. The number of nitrogens with zero attached hydrogens (tertiary/aromatic N) is 1. The fourth-order valence-corrected chi connectivity index (χ4v) is 1.46. The zero-order valence-corrected chi connectivity index (χ0v) is 9.47. The molecule has 15 heavy (non-hydrogen) atoms. The van der Waals surface area contributed by atoms with Crippen molar-refractivity contribution in [3.63, 3.8) is 0 Å². The summed E-state index contributed by atoms with van der Waals surface area (Å²) in [5.41, 5.74) is 1.11. The molecule has 0 atom stereocenters. The highest BCUT2D eigenvalue weighted by Crippen LogP contribution is 1.96. The highest BCUT2D eigenvalue weighted by molar-refractivity contribution is 5.78. The van der Waals surface area contributed by atoms with Gasteiger partial charge < -0.3 is 20.9 Å². The van der Waals surface area contributed by atoms with Gasteiger partial charge >= 0.3 is 0 Å².